The number of anilines is 1. The van der Waals surface area contributed by atoms with Gasteiger partial charge in [-0.25, -0.2) is 0 Å². The lowest BCUT2D eigenvalue weighted by atomic mass is 10.1. The lowest BCUT2D eigenvalue weighted by Gasteiger charge is -2.10. The number of benzene rings is 2. The van der Waals surface area contributed by atoms with Crippen LogP contribution >= 0.6 is 11.6 Å². The molecule has 1 N–H and O–H groups in total. The van der Waals surface area contributed by atoms with Gasteiger partial charge in [0.15, 0.2) is 11.5 Å². The van der Waals surface area contributed by atoms with Crippen molar-refractivity contribution in [1.82, 2.24) is 0 Å². The molecule has 0 bridgehead atoms. The number of fused-ring (bicyclic) bond motifs is 1. The number of aryl methyl sites for hydroxylation is 2. The number of carbonyl (C=O) groups is 1. The van der Waals surface area contributed by atoms with Crippen molar-refractivity contribution >= 4 is 29.3 Å². The number of rotatable bonds is 3. The maximum atomic E-state index is 12.2. The minimum absolute atomic E-state index is 0.199. The molecule has 25 heavy (non-hydrogen) atoms. The van der Waals surface area contributed by atoms with E-state index in [-0.39, 0.29) is 5.91 Å². The zero-order valence-electron chi connectivity index (χ0n) is 14.3. The predicted molar refractivity (Wildman–Crippen MR) is 101 cm³/mol. The topological polar surface area (TPSA) is 47.6 Å². The first-order valence-corrected chi connectivity index (χ1v) is 8.56. The Kier molecular flexibility index (Phi) is 5.29. The molecule has 0 saturated carbocycles. The summed E-state index contributed by atoms with van der Waals surface area (Å²) in [5.41, 5.74) is 3.77. The lowest BCUT2D eigenvalue weighted by Crippen LogP contribution is -2.08. The summed E-state index contributed by atoms with van der Waals surface area (Å²) in [7, 11) is 0. The summed E-state index contributed by atoms with van der Waals surface area (Å²) in [6.45, 7) is 5.16. The van der Waals surface area contributed by atoms with Crippen molar-refractivity contribution in [3.05, 3.63) is 58.1 Å². The van der Waals surface area contributed by atoms with Crippen LogP contribution in [0.2, 0.25) is 5.02 Å². The minimum atomic E-state index is -0.199. The van der Waals surface area contributed by atoms with Crippen LogP contribution in [0.3, 0.4) is 0 Å². The predicted octanol–water partition coefficient (Wildman–Crippen LogP) is 4.77. The van der Waals surface area contributed by atoms with E-state index in [1.165, 1.54) is 6.08 Å². The van der Waals surface area contributed by atoms with E-state index in [2.05, 4.69) is 5.32 Å². The molecule has 0 radical (unpaired) electrons. The van der Waals surface area contributed by atoms with E-state index in [9.17, 15) is 4.79 Å². The van der Waals surface area contributed by atoms with Crippen LogP contribution in [0.15, 0.2) is 36.4 Å². The van der Waals surface area contributed by atoms with Gasteiger partial charge in [0, 0.05) is 18.2 Å². The highest BCUT2D eigenvalue weighted by Gasteiger charge is 2.15. The van der Waals surface area contributed by atoms with E-state index in [0.717, 1.165) is 28.8 Å². The molecule has 1 amide bonds. The molecule has 0 unspecified atom stereocenters. The molecule has 130 valence electrons. The third kappa shape index (κ3) is 4.34. The number of ether oxygens (including phenoxy) is 2. The van der Waals surface area contributed by atoms with Gasteiger partial charge in [-0.15, -0.1) is 0 Å². The summed E-state index contributed by atoms with van der Waals surface area (Å²) >= 11 is 6.26. The molecule has 0 spiro atoms. The third-order valence-electron chi connectivity index (χ3n) is 3.89. The van der Waals surface area contributed by atoms with Crippen molar-refractivity contribution in [3.8, 4) is 11.5 Å². The molecular formula is C20H20ClNO3. The van der Waals surface area contributed by atoms with Crippen molar-refractivity contribution in [3.63, 3.8) is 0 Å². The molecule has 2 aromatic carbocycles. The molecule has 3 rings (SSSR count). The molecule has 5 heteroatoms. The average Bonchev–Trinajstić information content (AvgIpc) is 2.81. The van der Waals surface area contributed by atoms with Crippen LogP contribution in [0.25, 0.3) is 6.08 Å². The summed E-state index contributed by atoms with van der Waals surface area (Å²) in [6.07, 6.45) is 4.00. The lowest BCUT2D eigenvalue weighted by molar-refractivity contribution is -0.111. The number of carbonyl (C=O) groups excluding carboxylic acids is 1. The zero-order valence-corrected chi connectivity index (χ0v) is 15.0. The smallest absolute Gasteiger partial charge is 0.248 e. The second-order valence-corrected chi connectivity index (χ2v) is 6.43. The van der Waals surface area contributed by atoms with E-state index in [1.54, 1.807) is 12.1 Å². The first-order chi connectivity index (χ1) is 12.0. The Bertz CT molecular complexity index is 830. The number of hydrogen-bond donors (Lipinski definition) is 1. The Labute approximate surface area is 152 Å². The van der Waals surface area contributed by atoms with Crippen LogP contribution in [0.5, 0.6) is 11.5 Å². The summed E-state index contributed by atoms with van der Waals surface area (Å²) in [6, 6.07) is 9.49. The van der Waals surface area contributed by atoms with Crippen molar-refractivity contribution in [2.75, 3.05) is 18.5 Å². The number of hydrogen-bond acceptors (Lipinski definition) is 3. The summed E-state index contributed by atoms with van der Waals surface area (Å²) < 4.78 is 11.3. The van der Waals surface area contributed by atoms with Gasteiger partial charge in [-0.3, -0.25) is 4.79 Å². The van der Waals surface area contributed by atoms with Crippen molar-refractivity contribution < 1.29 is 14.3 Å². The Morgan fingerprint density at radius 2 is 1.96 bits per heavy atom. The van der Waals surface area contributed by atoms with Gasteiger partial charge in [-0.05, 0) is 49.2 Å². The summed E-state index contributed by atoms with van der Waals surface area (Å²) in [4.78, 5) is 12.2. The first-order valence-electron chi connectivity index (χ1n) is 8.18. The van der Waals surface area contributed by atoms with Gasteiger partial charge in [-0.2, -0.15) is 0 Å². The van der Waals surface area contributed by atoms with Crippen LogP contribution < -0.4 is 14.8 Å². The second-order valence-electron chi connectivity index (χ2n) is 6.02. The summed E-state index contributed by atoms with van der Waals surface area (Å²) in [5, 5.41) is 3.36. The van der Waals surface area contributed by atoms with Crippen LogP contribution in [-0.4, -0.2) is 19.1 Å². The summed E-state index contributed by atoms with van der Waals surface area (Å²) in [5.74, 6) is 0.977. The van der Waals surface area contributed by atoms with Crippen LogP contribution in [0, 0.1) is 13.8 Å². The Morgan fingerprint density at radius 3 is 2.76 bits per heavy atom. The SMILES string of the molecule is Cc1ccc(NC(=O)/C=C/c2cc(Cl)c3c(c2)OCCCO3)c(C)c1. The van der Waals surface area contributed by atoms with E-state index < -0.39 is 0 Å². The highest BCUT2D eigenvalue weighted by atomic mass is 35.5. The minimum Gasteiger partial charge on any atom is -0.489 e. The fourth-order valence-corrected chi connectivity index (χ4v) is 2.92. The molecule has 0 atom stereocenters. The van der Waals surface area contributed by atoms with Gasteiger partial charge in [-0.1, -0.05) is 29.3 Å². The number of nitrogens with one attached hydrogen (secondary N) is 1. The van der Waals surface area contributed by atoms with Crippen molar-refractivity contribution in [2.45, 2.75) is 20.3 Å². The average molecular weight is 358 g/mol. The van der Waals surface area contributed by atoms with Crippen LogP contribution in [0.1, 0.15) is 23.1 Å². The molecule has 2 aromatic rings. The molecule has 0 aliphatic carbocycles. The number of halogens is 1. The highest BCUT2D eigenvalue weighted by Crippen LogP contribution is 2.38. The maximum Gasteiger partial charge on any atom is 0.248 e. The van der Waals surface area contributed by atoms with Gasteiger partial charge >= 0.3 is 0 Å². The molecule has 1 aliphatic heterocycles. The van der Waals surface area contributed by atoms with Crippen LogP contribution in [0.4, 0.5) is 5.69 Å². The van der Waals surface area contributed by atoms with Crippen molar-refractivity contribution in [1.29, 1.82) is 0 Å². The monoisotopic (exact) mass is 357 g/mol. The van der Waals surface area contributed by atoms with Gasteiger partial charge in [0.1, 0.15) is 0 Å². The first kappa shape index (κ1) is 17.4. The molecule has 0 aromatic heterocycles. The molecule has 1 heterocycles. The fraction of sp³-hybridized carbons (Fsp3) is 0.250. The van der Waals surface area contributed by atoms with E-state index >= 15 is 0 Å². The maximum absolute atomic E-state index is 12.2. The molecule has 0 saturated heterocycles. The van der Waals surface area contributed by atoms with Gasteiger partial charge in [0.05, 0.1) is 18.2 Å². The standard InChI is InChI=1S/C20H20ClNO3/c1-13-4-6-17(14(2)10-13)22-19(23)7-5-15-11-16(21)20-18(12-15)24-8-3-9-25-20/h4-7,10-12H,3,8-9H2,1-2H3,(H,22,23)/b7-5+. The van der Waals surface area contributed by atoms with E-state index in [1.807, 2.05) is 38.1 Å². The van der Waals surface area contributed by atoms with Gasteiger partial charge in [0.25, 0.3) is 0 Å². The number of amides is 1. The van der Waals surface area contributed by atoms with Crippen molar-refractivity contribution in [2.24, 2.45) is 0 Å². The Morgan fingerprint density at radius 1 is 1.16 bits per heavy atom. The fourth-order valence-electron chi connectivity index (χ4n) is 2.65. The van der Waals surface area contributed by atoms with E-state index in [0.29, 0.717) is 29.7 Å². The molecular weight excluding hydrogens is 338 g/mol. The van der Waals surface area contributed by atoms with E-state index in [4.69, 9.17) is 21.1 Å². The Hall–Kier alpha value is -2.46. The third-order valence-corrected chi connectivity index (χ3v) is 4.17. The molecule has 4 nitrogen and oxygen atoms in total. The largest absolute Gasteiger partial charge is 0.489 e. The highest BCUT2D eigenvalue weighted by molar-refractivity contribution is 6.32. The molecule has 0 fully saturated rings. The second kappa shape index (κ2) is 7.62. The van der Waals surface area contributed by atoms with Gasteiger partial charge in [0.2, 0.25) is 5.91 Å². The Balaban J connectivity index is 1.74. The quantitative estimate of drug-likeness (QED) is 0.805. The molecule has 1 aliphatic rings. The van der Waals surface area contributed by atoms with Gasteiger partial charge < -0.3 is 14.8 Å². The normalized spacial score (nSPS) is 13.6. The zero-order chi connectivity index (χ0) is 17.8. The van der Waals surface area contributed by atoms with Crippen LogP contribution in [-0.2, 0) is 4.79 Å².